The van der Waals surface area contributed by atoms with Crippen molar-refractivity contribution in [3.63, 3.8) is 0 Å². The maximum Gasteiger partial charge on any atom is 0.216 e. The van der Waals surface area contributed by atoms with Crippen molar-refractivity contribution in [1.29, 1.82) is 0 Å². The minimum atomic E-state index is -3.46. The summed E-state index contributed by atoms with van der Waals surface area (Å²) in [4.78, 5) is 13.0. The van der Waals surface area contributed by atoms with Crippen LogP contribution in [-0.2, 0) is 31.9 Å². The molecule has 0 aliphatic heterocycles. The summed E-state index contributed by atoms with van der Waals surface area (Å²) in [5.74, 6) is 0.117. The van der Waals surface area contributed by atoms with Gasteiger partial charge >= 0.3 is 0 Å². The summed E-state index contributed by atoms with van der Waals surface area (Å²) in [5, 5.41) is 2.01. The van der Waals surface area contributed by atoms with Gasteiger partial charge in [0.15, 0.2) is 0 Å². The van der Waals surface area contributed by atoms with Crippen LogP contribution in [0.1, 0.15) is 88.7 Å². The van der Waals surface area contributed by atoms with Gasteiger partial charge in [0.1, 0.15) is 0 Å². The molecule has 1 radical (unpaired) electrons. The second-order valence-corrected chi connectivity index (χ2v) is 18.1. The summed E-state index contributed by atoms with van der Waals surface area (Å²) in [6.45, 7) is -5.94. The smallest absolute Gasteiger partial charge is 0.216 e. The molecule has 0 bridgehead atoms. The molecule has 1 fully saturated rings. The fourth-order valence-electron chi connectivity index (χ4n) is 5.93. The van der Waals surface area contributed by atoms with E-state index >= 15 is 0 Å². The summed E-state index contributed by atoms with van der Waals surface area (Å²) >= 11 is 0. The van der Waals surface area contributed by atoms with Crippen LogP contribution in [0.4, 0.5) is 0 Å². The van der Waals surface area contributed by atoms with E-state index < -0.39 is 53.0 Å². The molecule has 1 saturated carbocycles. The molecule has 0 amide bonds. The van der Waals surface area contributed by atoms with Crippen molar-refractivity contribution in [3.8, 4) is 22.5 Å². The number of aromatic nitrogens is 3. The molecule has 0 spiro atoms. The first-order valence-electron chi connectivity index (χ1n) is 22.9. The molecule has 2 aromatic carbocycles. The van der Waals surface area contributed by atoms with E-state index in [1.165, 1.54) is 30.8 Å². The second kappa shape index (κ2) is 15.0. The minimum absolute atomic E-state index is 0. The molecule has 0 atom stereocenters. The zero-order valence-corrected chi connectivity index (χ0v) is 30.6. The largest absolute Gasteiger partial charge is 0.486 e. The number of nitrogens with zero attached hydrogens (tertiary/aromatic N) is 3. The molecule has 0 unspecified atom stereocenters. The van der Waals surface area contributed by atoms with Gasteiger partial charge in [-0.05, 0) is 53.9 Å². The van der Waals surface area contributed by atoms with Crippen LogP contribution in [0.3, 0.4) is 0 Å². The van der Waals surface area contributed by atoms with Crippen LogP contribution in [0.25, 0.3) is 44.6 Å². The Kier molecular flexibility index (Phi) is 6.74. The predicted octanol–water partition coefficient (Wildman–Crippen LogP) is 10.7. The first-order valence-corrected chi connectivity index (χ1v) is 19.4. The van der Waals surface area contributed by atoms with E-state index in [1.807, 2.05) is 36.5 Å². The summed E-state index contributed by atoms with van der Waals surface area (Å²) in [7, 11) is -1.69. The topological polar surface area (TPSA) is 51.8 Å². The van der Waals surface area contributed by atoms with Crippen molar-refractivity contribution < 1.29 is 43.7 Å². The van der Waals surface area contributed by atoms with E-state index in [4.69, 9.17) is 23.6 Å². The van der Waals surface area contributed by atoms with Gasteiger partial charge in [0.25, 0.3) is 0 Å². The monoisotopic (exact) mass is 844 g/mol. The summed E-state index contributed by atoms with van der Waals surface area (Å²) in [6, 6.07) is 24.3. The molecule has 7 rings (SSSR count). The number of pyridine rings is 3. The van der Waals surface area contributed by atoms with Gasteiger partial charge in [-0.25, -0.2) is 4.98 Å². The van der Waals surface area contributed by atoms with Gasteiger partial charge < -0.3 is 14.4 Å². The summed E-state index contributed by atoms with van der Waals surface area (Å²) < 4.78 is 118. The van der Waals surface area contributed by atoms with Crippen LogP contribution < -0.4 is 5.19 Å². The third kappa shape index (κ3) is 8.22. The average Bonchev–Trinajstić information content (AvgIpc) is 3.55. The van der Waals surface area contributed by atoms with Crippen LogP contribution in [0.15, 0.2) is 83.5 Å². The van der Waals surface area contributed by atoms with Crippen molar-refractivity contribution in [2.75, 3.05) is 0 Å². The van der Waals surface area contributed by atoms with Crippen LogP contribution in [0.2, 0.25) is 19.6 Å². The molecule has 0 saturated heterocycles. The van der Waals surface area contributed by atoms with Crippen molar-refractivity contribution in [1.82, 2.24) is 15.0 Å². The third-order valence-corrected chi connectivity index (χ3v) is 10.4. The van der Waals surface area contributed by atoms with E-state index in [-0.39, 0.29) is 48.6 Å². The van der Waals surface area contributed by atoms with Crippen LogP contribution in [0, 0.1) is 24.9 Å². The standard InChI is InChI=1S/C21H19N2O.C21H28NSi.Ir/c1-13-10-11-22-17(12-13)16-7-5-6-14-15-8-9-18(21(2,3)4)23-20(15)24-19(14)16;1-23(2,3)21-16-22-20(18-12-8-5-9-13-18)15-19(21)14-17-10-6-4-7-11-17;/h5-6,8-12H,1-4H3;5,8-9,12,15-17H,4,6-7,10-11,14H2,1-3H3;/q2*-1;/i1D3,2D3,3D3,4D3;14D2;. The molecule has 6 aromatic rings. The fraction of sp³-hybridized carbons (Fsp3) is 0.357. The Morgan fingerprint density at radius 1 is 0.917 bits per heavy atom. The van der Waals surface area contributed by atoms with Crippen LogP contribution in [-0.4, -0.2) is 23.0 Å². The molecule has 4 nitrogen and oxygen atoms in total. The van der Waals surface area contributed by atoms with Crippen LogP contribution >= 0.6 is 0 Å². The number of hydrogen-bond donors (Lipinski definition) is 0. The number of benzene rings is 2. The van der Waals surface area contributed by atoms with E-state index in [9.17, 15) is 0 Å². The zero-order valence-electron chi connectivity index (χ0n) is 41.2. The van der Waals surface area contributed by atoms with Gasteiger partial charge in [0.2, 0.25) is 5.71 Å². The van der Waals surface area contributed by atoms with Gasteiger partial charge in [0.05, 0.1) is 13.7 Å². The Bertz CT molecular complexity index is 2470. The van der Waals surface area contributed by atoms with Crippen LogP contribution in [0.5, 0.6) is 0 Å². The van der Waals surface area contributed by atoms with Gasteiger partial charge in [-0.1, -0.05) is 107 Å². The molecule has 6 heteroatoms. The molecule has 48 heavy (non-hydrogen) atoms. The molecule has 251 valence electrons. The minimum Gasteiger partial charge on any atom is -0.486 e. The Hall–Kier alpha value is -3.44. The molecule has 1 aliphatic carbocycles. The molecular formula is C42H47IrN3OSi-2. The number of fused-ring (bicyclic) bond motifs is 3. The molecular weight excluding hydrogens is 783 g/mol. The molecule has 4 heterocycles. The number of aryl methyl sites for hydroxylation is 1. The maximum absolute atomic E-state index is 8.99. The third-order valence-electron chi connectivity index (χ3n) is 8.36. The van der Waals surface area contributed by atoms with E-state index in [1.54, 1.807) is 12.1 Å². The molecule has 0 N–H and O–H groups in total. The number of hydrogen-bond acceptors (Lipinski definition) is 4. The first kappa shape index (κ1) is 21.6. The van der Waals surface area contributed by atoms with Crippen molar-refractivity contribution in [2.24, 2.45) is 5.92 Å². The normalized spacial score (nSPS) is 19.6. The first-order chi connectivity index (χ1) is 28.2. The van der Waals surface area contributed by atoms with Gasteiger partial charge in [-0.3, -0.25) is 0 Å². The Balaban J connectivity index is 0.000000245. The molecule has 1 aliphatic rings. The quantitative estimate of drug-likeness (QED) is 0.128. The number of furan rings is 1. The van der Waals surface area contributed by atoms with E-state index in [2.05, 4.69) is 46.7 Å². The summed E-state index contributed by atoms with van der Waals surface area (Å²) in [6.07, 6.45) is 7.52. The van der Waals surface area contributed by atoms with Crippen molar-refractivity contribution >= 4 is 35.3 Å². The Morgan fingerprint density at radius 2 is 1.75 bits per heavy atom. The average molecular weight is 844 g/mol. The predicted molar refractivity (Wildman–Crippen MR) is 199 cm³/mol. The number of rotatable bonds is 5. The van der Waals surface area contributed by atoms with Gasteiger partial charge in [0, 0.05) is 68.2 Å². The zero-order chi connectivity index (χ0) is 45.0. The molecule has 4 aromatic heterocycles. The second-order valence-electron chi connectivity index (χ2n) is 13.0. The Morgan fingerprint density at radius 3 is 2.48 bits per heavy atom. The van der Waals surface area contributed by atoms with Gasteiger partial charge in [-0.15, -0.1) is 54.1 Å². The van der Waals surface area contributed by atoms with Crippen molar-refractivity contribution in [2.45, 2.75) is 90.9 Å². The Labute approximate surface area is 320 Å². The fourth-order valence-corrected chi connectivity index (χ4v) is 7.33. The van der Waals surface area contributed by atoms with Crippen molar-refractivity contribution in [3.05, 3.63) is 108 Å². The summed E-state index contributed by atoms with van der Waals surface area (Å²) in [5.41, 5.74) is -0.711. The maximum atomic E-state index is 8.99. The van der Waals surface area contributed by atoms with Gasteiger partial charge in [-0.2, -0.15) is 0 Å². The van der Waals surface area contributed by atoms with E-state index in [0.717, 1.165) is 53.8 Å². The van der Waals surface area contributed by atoms with E-state index in [0.29, 0.717) is 16.3 Å². The SMILES string of the molecule is [2H]C([2H])([2H])c1ccnc(-c2[c-]ccc3c2oc2nc(C(C([2H])([2H])[2H])(C([2H])([2H])[2H])C([2H])([2H])[2H])ccc23)c1.[2H]C([2H])(c1cc(-c2[c-]cccc2)ncc1[Si](C)(C)C)C1CCCCC1.[Ir].